The summed E-state index contributed by atoms with van der Waals surface area (Å²) in [6, 6.07) is 5.36. The van der Waals surface area contributed by atoms with Crippen molar-refractivity contribution in [2.24, 2.45) is 0 Å². The Labute approximate surface area is 131 Å². The molecule has 1 aromatic carbocycles. The van der Waals surface area contributed by atoms with Gasteiger partial charge in [0.2, 0.25) is 5.91 Å². The van der Waals surface area contributed by atoms with Crippen molar-refractivity contribution in [3.63, 3.8) is 0 Å². The van der Waals surface area contributed by atoms with E-state index < -0.39 is 17.7 Å². The molecule has 0 spiro atoms. The Balaban J connectivity index is 2.30. The van der Waals surface area contributed by atoms with E-state index in [1.165, 1.54) is 25.5 Å². The van der Waals surface area contributed by atoms with Crippen molar-refractivity contribution in [1.29, 1.82) is 0 Å². The molecule has 1 N–H and O–H groups in total. The number of ether oxygens (including phenoxy) is 2. The molecule has 0 bridgehead atoms. The van der Waals surface area contributed by atoms with E-state index in [9.17, 15) is 14.0 Å². The van der Waals surface area contributed by atoms with Crippen molar-refractivity contribution in [1.82, 2.24) is 0 Å². The third kappa shape index (κ3) is 3.97. The van der Waals surface area contributed by atoms with Gasteiger partial charge in [0.15, 0.2) is 0 Å². The van der Waals surface area contributed by atoms with E-state index in [0.29, 0.717) is 5.76 Å². The number of anilines is 1. The number of carbonyl (C=O) groups is 2. The fraction of sp³-hybridized carbons (Fsp3) is 0.125. The minimum absolute atomic E-state index is 0.00477. The third-order valence-electron chi connectivity index (χ3n) is 2.88. The van der Waals surface area contributed by atoms with Crippen LogP contribution in [0.4, 0.5) is 10.1 Å². The van der Waals surface area contributed by atoms with Crippen LogP contribution in [0.1, 0.15) is 16.1 Å². The Kier molecular flexibility index (Phi) is 5.14. The normalized spacial score (nSPS) is 10.6. The van der Waals surface area contributed by atoms with Crippen molar-refractivity contribution in [2.45, 2.75) is 0 Å². The van der Waals surface area contributed by atoms with Gasteiger partial charge in [-0.15, -0.1) is 0 Å². The number of nitrogens with one attached hydrogen (secondary N) is 1. The molecule has 0 atom stereocenters. The van der Waals surface area contributed by atoms with Crippen LogP contribution in [0.2, 0.25) is 0 Å². The van der Waals surface area contributed by atoms with Crippen LogP contribution in [0.3, 0.4) is 0 Å². The number of rotatable bonds is 5. The molecule has 120 valence electrons. The molecule has 2 aromatic rings. The summed E-state index contributed by atoms with van der Waals surface area (Å²) in [7, 11) is 2.45. The van der Waals surface area contributed by atoms with Crippen LogP contribution in [0.25, 0.3) is 6.08 Å². The first-order valence-corrected chi connectivity index (χ1v) is 6.53. The van der Waals surface area contributed by atoms with Gasteiger partial charge in [-0.3, -0.25) is 4.79 Å². The molecule has 0 unspecified atom stereocenters. The van der Waals surface area contributed by atoms with E-state index in [4.69, 9.17) is 9.15 Å². The highest BCUT2D eigenvalue weighted by Gasteiger charge is 2.19. The van der Waals surface area contributed by atoms with Crippen molar-refractivity contribution >= 4 is 23.6 Å². The van der Waals surface area contributed by atoms with Crippen LogP contribution in [0.15, 0.2) is 41.0 Å². The standard InChI is InChI=1S/C16H14FNO5/c1-21-13-9-10(17)8-12(16(20)22-2)15(13)18-14(19)6-5-11-4-3-7-23-11/h3-9H,1-2H3,(H,18,19)/b6-5-. The number of hydrogen-bond donors (Lipinski definition) is 1. The average molecular weight is 319 g/mol. The summed E-state index contributed by atoms with van der Waals surface area (Å²) in [6.45, 7) is 0. The molecule has 7 heteroatoms. The summed E-state index contributed by atoms with van der Waals surface area (Å²) in [5.41, 5.74) is -0.126. The maximum atomic E-state index is 13.5. The smallest absolute Gasteiger partial charge is 0.340 e. The number of hydrogen-bond acceptors (Lipinski definition) is 5. The zero-order valence-corrected chi connectivity index (χ0v) is 12.5. The van der Waals surface area contributed by atoms with Crippen molar-refractivity contribution in [3.8, 4) is 5.75 Å². The van der Waals surface area contributed by atoms with Gasteiger partial charge in [0.25, 0.3) is 0 Å². The molecule has 1 aromatic heterocycles. The minimum Gasteiger partial charge on any atom is -0.494 e. The van der Waals surface area contributed by atoms with E-state index in [2.05, 4.69) is 10.1 Å². The van der Waals surface area contributed by atoms with Gasteiger partial charge in [-0.25, -0.2) is 9.18 Å². The van der Waals surface area contributed by atoms with Crippen LogP contribution >= 0.6 is 0 Å². The molecular formula is C16H14FNO5. The van der Waals surface area contributed by atoms with E-state index in [0.717, 1.165) is 19.2 Å². The molecule has 0 saturated carbocycles. The van der Waals surface area contributed by atoms with Gasteiger partial charge in [0.05, 0.1) is 31.7 Å². The molecule has 0 saturated heterocycles. The fourth-order valence-electron chi connectivity index (χ4n) is 1.85. The number of furan rings is 1. The van der Waals surface area contributed by atoms with Crippen LogP contribution in [0.5, 0.6) is 5.75 Å². The van der Waals surface area contributed by atoms with Gasteiger partial charge < -0.3 is 19.2 Å². The summed E-state index contributed by atoms with van der Waals surface area (Å²) in [6.07, 6.45) is 4.13. The lowest BCUT2D eigenvalue weighted by molar-refractivity contribution is -0.111. The molecule has 0 radical (unpaired) electrons. The summed E-state index contributed by atoms with van der Waals surface area (Å²) >= 11 is 0. The highest BCUT2D eigenvalue weighted by Crippen LogP contribution is 2.30. The molecule has 0 fully saturated rings. The zero-order valence-electron chi connectivity index (χ0n) is 12.5. The molecule has 0 aliphatic rings. The highest BCUT2D eigenvalue weighted by molar-refractivity contribution is 6.07. The van der Waals surface area contributed by atoms with Gasteiger partial charge in [0, 0.05) is 12.1 Å². The van der Waals surface area contributed by atoms with Gasteiger partial charge in [-0.1, -0.05) is 0 Å². The Morgan fingerprint density at radius 3 is 2.70 bits per heavy atom. The molecule has 6 nitrogen and oxygen atoms in total. The van der Waals surface area contributed by atoms with Crippen LogP contribution in [-0.2, 0) is 9.53 Å². The number of carbonyl (C=O) groups excluding carboxylic acids is 2. The fourth-order valence-corrected chi connectivity index (χ4v) is 1.85. The molecule has 2 rings (SSSR count). The Morgan fingerprint density at radius 1 is 1.30 bits per heavy atom. The molecular weight excluding hydrogens is 305 g/mol. The largest absolute Gasteiger partial charge is 0.494 e. The summed E-state index contributed by atoms with van der Waals surface area (Å²) in [5.74, 6) is -1.54. The van der Waals surface area contributed by atoms with Crippen molar-refractivity contribution in [3.05, 3.63) is 53.7 Å². The first-order chi connectivity index (χ1) is 11.0. The second-order valence-corrected chi connectivity index (χ2v) is 4.36. The maximum Gasteiger partial charge on any atom is 0.340 e. The van der Waals surface area contributed by atoms with E-state index in [1.54, 1.807) is 12.1 Å². The molecule has 1 heterocycles. The Morgan fingerprint density at radius 2 is 2.09 bits per heavy atom. The second kappa shape index (κ2) is 7.26. The van der Waals surface area contributed by atoms with Gasteiger partial charge in [0.1, 0.15) is 17.3 Å². The van der Waals surface area contributed by atoms with Crippen molar-refractivity contribution in [2.75, 3.05) is 19.5 Å². The Hall–Kier alpha value is -3.09. The lowest BCUT2D eigenvalue weighted by atomic mass is 10.1. The maximum absolute atomic E-state index is 13.5. The van der Waals surface area contributed by atoms with Gasteiger partial charge >= 0.3 is 5.97 Å². The summed E-state index contributed by atoms with van der Waals surface area (Å²) < 4.78 is 28.2. The summed E-state index contributed by atoms with van der Waals surface area (Å²) in [4.78, 5) is 23.7. The van der Waals surface area contributed by atoms with Gasteiger partial charge in [-0.05, 0) is 24.3 Å². The van der Waals surface area contributed by atoms with Crippen LogP contribution < -0.4 is 10.1 Å². The van der Waals surface area contributed by atoms with Gasteiger partial charge in [-0.2, -0.15) is 0 Å². The monoisotopic (exact) mass is 319 g/mol. The molecule has 23 heavy (non-hydrogen) atoms. The predicted molar refractivity (Wildman–Crippen MR) is 80.7 cm³/mol. The SMILES string of the molecule is COC(=O)c1cc(F)cc(OC)c1NC(=O)/C=C\c1ccco1. The lowest BCUT2D eigenvalue weighted by Gasteiger charge is -2.13. The number of esters is 1. The average Bonchev–Trinajstić information content (AvgIpc) is 3.06. The molecule has 1 amide bonds. The number of benzene rings is 1. The van der Waals surface area contributed by atoms with Crippen LogP contribution in [-0.4, -0.2) is 26.1 Å². The highest BCUT2D eigenvalue weighted by atomic mass is 19.1. The molecule has 0 aliphatic heterocycles. The first kappa shape index (κ1) is 16.3. The third-order valence-corrected chi connectivity index (χ3v) is 2.88. The zero-order chi connectivity index (χ0) is 16.8. The quantitative estimate of drug-likeness (QED) is 0.677. The first-order valence-electron chi connectivity index (χ1n) is 6.53. The van der Waals surface area contributed by atoms with E-state index in [1.807, 2.05) is 0 Å². The lowest BCUT2D eigenvalue weighted by Crippen LogP contribution is -2.14. The van der Waals surface area contributed by atoms with E-state index >= 15 is 0 Å². The van der Waals surface area contributed by atoms with Crippen LogP contribution in [0, 0.1) is 5.82 Å². The summed E-state index contributed by atoms with van der Waals surface area (Å²) in [5, 5.41) is 2.48. The minimum atomic E-state index is -0.798. The number of amides is 1. The number of methoxy groups -OCH3 is 2. The molecule has 0 aliphatic carbocycles. The number of halogens is 1. The van der Waals surface area contributed by atoms with E-state index in [-0.39, 0.29) is 17.0 Å². The predicted octanol–water partition coefficient (Wildman–Crippen LogP) is 2.87. The second-order valence-electron chi connectivity index (χ2n) is 4.36. The Bertz CT molecular complexity index is 737. The topological polar surface area (TPSA) is 77.8 Å². The van der Waals surface area contributed by atoms with Crippen molar-refractivity contribution < 1.29 is 27.9 Å².